The lowest BCUT2D eigenvalue weighted by Crippen LogP contribution is -2.36. The summed E-state index contributed by atoms with van der Waals surface area (Å²) in [5.41, 5.74) is 3.98. The SMILES string of the molecule is Cc1cc(SCC(=O)N2CCCCC2)n2c(nc3ccccc32)c1C#N. The molecule has 26 heavy (non-hydrogen) atoms. The molecule has 1 aromatic carbocycles. The molecule has 1 saturated heterocycles. The van der Waals surface area contributed by atoms with Crippen LogP contribution < -0.4 is 0 Å². The zero-order chi connectivity index (χ0) is 18.1. The van der Waals surface area contributed by atoms with Crippen molar-refractivity contribution in [3.63, 3.8) is 0 Å². The van der Waals surface area contributed by atoms with Crippen LogP contribution in [0.3, 0.4) is 0 Å². The van der Waals surface area contributed by atoms with Crippen molar-refractivity contribution in [2.24, 2.45) is 0 Å². The number of hydrogen-bond acceptors (Lipinski definition) is 4. The number of fused-ring (bicyclic) bond motifs is 3. The summed E-state index contributed by atoms with van der Waals surface area (Å²) >= 11 is 1.53. The van der Waals surface area contributed by atoms with Crippen molar-refractivity contribution >= 4 is 34.3 Å². The molecule has 4 rings (SSSR count). The monoisotopic (exact) mass is 364 g/mol. The molecule has 132 valence electrons. The van der Waals surface area contributed by atoms with E-state index in [0.717, 1.165) is 47.6 Å². The Bertz CT molecular complexity index is 1030. The standard InChI is InChI=1S/C20H20N4OS/c1-14-11-19(26-13-18(25)23-9-5-2-6-10-23)24-17-8-4-3-7-16(17)22-20(24)15(14)12-21/h3-4,7-8,11H,2,5-6,9-10,13H2,1H3. The highest BCUT2D eigenvalue weighted by Crippen LogP contribution is 2.29. The molecular formula is C20H20N4OS. The summed E-state index contributed by atoms with van der Waals surface area (Å²) in [5.74, 6) is 0.599. The fourth-order valence-corrected chi connectivity index (χ4v) is 4.56. The molecule has 1 fully saturated rings. The molecule has 0 spiro atoms. The van der Waals surface area contributed by atoms with E-state index >= 15 is 0 Å². The van der Waals surface area contributed by atoms with Crippen molar-refractivity contribution in [1.29, 1.82) is 5.26 Å². The van der Waals surface area contributed by atoms with Crippen molar-refractivity contribution in [3.05, 3.63) is 41.5 Å². The Morgan fingerprint density at radius 3 is 2.81 bits per heavy atom. The number of para-hydroxylation sites is 2. The molecule has 6 heteroatoms. The van der Waals surface area contributed by atoms with E-state index in [-0.39, 0.29) is 5.91 Å². The second kappa shape index (κ2) is 7.00. The van der Waals surface area contributed by atoms with Crippen LogP contribution in [0.4, 0.5) is 0 Å². The Balaban J connectivity index is 1.72. The van der Waals surface area contributed by atoms with Gasteiger partial charge in [0, 0.05) is 13.1 Å². The maximum absolute atomic E-state index is 12.5. The number of carbonyl (C=O) groups is 1. The summed E-state index contributed by atoms with van der Waals surface area (Å²) in [7, 11) is 0. The van der Waals surface area contributed by atoms with E-state index in [1.807, 2.05) is 46.6 Å². The third-order valence-electron chi connectivity index (χ3n) is 4.90. The molecule has 2 aromatic heterocycles. The minimum absolute atomic E-state index is 0.189. The van der Waals surface area contributed by atoms with Crippen molar-refractivity contribution in [2.75, 3.05) is 18.8 Å². The van der Waals surface area contributed by atoms with Gasteiger partial charge in [-0.2, -0.15) is 5.26 Å². The second-order valence-corrected chi connectivity index (χ2v) is 7.64. The first-order valence-electron chi connectivity index (χ1n) is 8.90. The number of rotatable bonds is 3. The Morgan fingerprint density at radius 1 is 1.27 bits per heavy atom. The number of benzene rings is 1. The van der Waals surface area contributed by atoms with Crippen molar-refractivity contribution in [3.8, 4) is 6.07 Å². The predicted octanol–water partition coefficient (Wildman–Crippen LogP) is 3.77. The maximum atomic E-state index is 12.5. The van der Waals surface area contributed by atoms with E-state index in [4.69, 9.17) is 0 Å². The number of likely N-dealkylation sites (tertiary alicyclic amines) is 1. The summed E-state index contributed by atoms with van der Waals surface area (Å²) in [6.07, 6.45) is 3.42. The van der Waals surface area contributed by atoms with Crippen LogP contribution in [-0.4, -0.2) is 39.0 Å². The number of pyridine rings is 1. The van der Waals surface area contributed by atoms with E-state index in [1.165, 1.54) is 18.2 Å². The lowest BCUT2D eigenvalue weighted by Gasteiger charge is -2.26. The Hall–Kier alpha value is -2.52. The molecule has 3 heterocycles. The van der Waals surface area contributed by atoms with Gasteiger partial charge in [-0.15, -0.1) is 0 Å². The first-order valence-corrected chi connectivity index (χ1v) is 9.89. The van der Waals surface area contributed by atoms with Gasteiger partial charge < -0.3 is 4.90 Å². The van der Waals surface area contributed by atoms with E-state index in [2.05, 4.69) is 11.1 Å². The normalized spacial score (nSPS) is 14.7. The lowest BCUT2D eigenvalue weighted by molar-refractivity contribution is -0.129. The number of aromatic nitrogens is 2. The molecular weight excluding hydrogens is 344 g/mol. The lowest BCUT2D eigenvalue weighted by atomic mass is 10.1. The van der Waals surface area contributed by atoms with Gasteiger partial charge in [0.2, 0.25) is 5.91 Å². The summed E-state index contributed by atoms with van der Waals surface area (Å²) in [5, 5.41) is 10.5. The number of amides is 1. The van der Waals surface area contributed by atoms with E-state index < -0.39 is 0 Å². The highest BCUT2D eigenvalue weighted by molar-refractivity contribution is 7.99. The van der Waals surface area contributed by atoms with Gasteiger partial charge in [-0.25, -0.2) is 4.98 Å². The molecule has 0 N–H and O–H groups in total. The van der Waals surface area contributed by atoms with Gasteiger partial charge in [0.25, 0.3) is 0 Å². The largest absolute Gasteiger partial charge is 0.342 e. The minimum Gasteiger partial charge on any atom is -0.342 e. The summed E-state index contributed by atoms with van der Waals surface area (Å²) in [4.78, 5) is 19.2. The van der Waals surface area contributed by atoms with Crippen LogP contribution >= 0.6 is 11.8 Å². The smallest absolute Gasteiger partial charge is 0.232 e. The molecule has 0 bridgehead atoms. The fraction of sp³-hybridized carbons (Fsp3) is 0.350. The van der Waals surface area contributed by atoms with Gasteiger partial charge in [-0.1, -0.05) is 23.9 Å². The Kier molecular flexibility index (Phi) is 4.56. The molecule has 0 atom stereocenters. The second-order valence-electron chi connectivity index (χ2n) is 6.64. The van der Waals surface area contributed by atoms with Crippen LogP contribution in [0.5, 0.6) is 0 Å². The third kappa shape index (κ3) is 2.93. The molecule has 1 amide bonds. The fourth-order valence-electron chi connectivity index (χ4n) is 3.53. The topological polar surface area (TPSA) is 61.4 Å². The molecule has 3 aromatic rings. The van der Waals surface area contributed by atoms with Gasteiger partial charge in [0.15, 0.2) is 5.65 Å². The van der Waals surface area contributed by atoms with Gasteiger partial charge in [-0.3, -0.25) is 9.20 Å². The molecule has 0 radical (unpaired) electrons. The average molecular weight is 364 g/mol. The summed E-state index contributed by atoms with van der Waals surface area (Å²) < 4.78 is 2.01. The first-order chi connectivity index (χ1) is 12.7. The number of nitriles is 1. The number of hydrogen-bond donors (Lipinski definition) is 0. The zero-order valence-corrected chi connectivity index (χ0v) is 15.6. The maximum Gasteiger partial charge on any atom is 0.232 e. The molecule has 0 unspecified atom stereocenters. The van der Waals surface area contributed by atoms with Crippen LogP contribution in [0.2, 0.25) is 0 Å². The number of piperidine rings is 1. The number of carbonyl (C=O) groups excluding carboxylic acids is 1. The highest BCUT2D eigenvalue weighted by atomic mass is 32.2. The Morgan fingerprint density at radius 2 is 2.04 bits per heavy atom. The minimum atomic E-state index is 0.189. The van der Waals surface area contributed by atoms with Crippen LogP contribution in [0.15, 0.2) is 35.4 Å². The molecule has 5 nitrogen and oxygen atoms in total. The van der Waals surface area contributed by atoms with Crippen molar-refractivity contribution in [2.45, 2.75) is 31.2 Å². The number of thioether (sulfide) groups is 1. The zero-order valence-electron chi connectivity index (χ0n) is 14.7. The van der Waals surface area contributed by atoms with Crippen LogP contribution in [0.25, 0.3) is 16.7 Å². The third-order valence-corrected chi connectivity index (χ3v) is 5.89. The van der Waals surface area contributed by atoms with E-state index in [9.17, 15) is 10.1 Å². The van der Waals surface area contributed by atoms with Gasteiger partial charge in [0.1, 0.15) is 6.07 Å². The summed E-state index contributed by atoms with van der Waals surface area (Å²) in [6, 6.07) is 12.1. The van der Waals surface area contributed by atoms with E-state index in [1.54, 1.807) is 0 Å². The Labute approximate surface area is 156 Å². The van der Waals surface area contributed by atoms with Gasteiger partial charge in [0.05, 0.1) is 27.4 Å². The first kappa shape index (κ1) is 16.9. The highest BCUT2D eigenvalue weighted by Gasteiger charge is 2.19. The van der Waals surface area contributed by atoms with E-state index in [0.29, 0.717) is 17.0 Å². The van der Waals surface area contributed by atoms with Gasteiger partial charge >= 0.3 is 0 Å². The van der Waals surface area contributed by atoms with Crippen LogP contribution in [0, 0.1) is 18.3 Å². The molecule has 0 saturated carbocycles. The van der Waals surface area contributed by atoms with Crippen molar-refractivity contribution in [1.82, 2.24) is 14.3 Å². The summed E-state index contributed by atoms with van der Waals surface area (Å²) in [6.45, 7) is 3.67. The molecule has 1 aliphatic rings. The number of imidazole rings is 1. The van der Waals surface area contributed by atoms with Crippen LogP contribution in [-0.2, 0) is 4.79 Å². The number of nitrogens with zero attached hydrogens (tertiary/aromatic N) is 4. The molecule has 0 aliphatic carbocycles. The van der Waals surface area contributed by atoms with Crippen LogP contribution in [0.1, 0.15) is 30.4 Å². The quantitative estimate of drug-likeness (QED) is 0.664. The van der Waals surface area contributed by atoms with Crippen molar-refractivity contribution < 1.29 is 4.79 Å². The average Bonchev–Trinajstić information content (AvgIpc) is 3.06. The molecule has 1 aliphatic heterocycles. The van der Waals surface area contributed by atoms with Gasteiger partial charge in [-0.05, 0) is 49.9 Å². The predicted molar refractivity (Wildman–Crippen MR) is 103 cm³/mol. The number of aryl methyl sites for hydroxylation is 1.